The SMILES string of the molecule is Cc1nc(-c2ccccc2)sc1C(=O)N1CCC(N2CCCCC2)CC1. The van der Waals surface area contributed by atoms with E-state index in [2.05, 4.69) is 22.0 Å². The van der Waals surface area contributed by atoms with E-state index >= 15 is 0 Å². The van der Waals surface area contributed by atoms with Gasteiger partial charge in [-0.25, -0.2) is 4.98 Å². The minimum absolute atomic E-state index is 0.166. The third kappa shape index (κ3) is 3.69. The fraction of sp³-hybridized carbons (Fsp3) is 0.524. The molecule has 2 aromatic rings. The molecule has 3 heterocycles. The summed E-state index contributed by atoms with van der Waals surface area (Å²) in [7, 11) is 0. The highest BCUT2D eigenvalue weighted by molar-refractivity contribution is 7.17. The third-order valence-corrected chi connectivity index (χ3v) is 6.86. The molecule has 0 saturated carbocycles. The van der Waals surface area contributed by atoms with E-state index in [1.807, 2.05) is 30.0 Å². The summed E-state index contributed by atoms with van der Waals surface area (Å²) in [5.41, 5.74) is 1.94. The summed E-state index contributed by atoms with van der Waals surface area (Å²) in [6.07, 6.45) is 6.26. The number of piperidine rings is 2. The summed E-state index contributed by atoms with van der Waals surface area (Å²) in [5, 5.41) is 0.939. The normalized spacial score (nSPS) is 19.7. The maximum Gasteiger partial charge on any atom is 0.265 e. The zero-order valence-corrected chi connectivity index (χ0v) is 16.3. The average molecular weight is 370 g/mol. The van der Waals surface area contributed by atoms with Crippen molar-refractivity contribution in [1.82, 2.24) is 14.8 Å². The zero-order chi connectivity index (χ0) is 17.9. The molecule has 0 unspecified atom stereocenters. The van der Waals surface area contributed by atoms with Crippen molar-refractivity contribution >= 4 is 17.2 Å². The highest BCUT2D eigenvalue weighted by atomic mass is 32.1. The number of hydrogen-bond acceptors (Lipinski definition) is 4. The summed E-state index contributed by atoms with van der Waals surface area (Å²) >= 11 is 1.53. The van der Waals surface area contributed by atoms with Gasteiger partial charge in [0.1, 0.15) is 9.88 Å². The minimum Gasteiger partial charge on any atom is -0.338 e. The van der Waals surface area contributed by atoms with Gasteiger partial charge < -0.3 is 9.80 Å². The molecule has 2 fully saturated rings. The van der Waals surface area contributed by atoms with Gasteiger partial charge >= 0.3 is 0 Å². The number of rotatable bonds is 3. The van der Waals surface area contributed by atoms with Crippen LogP contribution in [0.5, 0.6) is 0 Å². The van der Waals surface area contributed by atoms with Gasteiger partial charge in [-0.1, -0.05) is 36.8 Å². The summed E-state index contributed by atoms with van der Waals surface area (Å²) in [4.78, 5) is 23.2. The van der Waals surface area contributed by atoms with Crippen molar-refractivity contribution in [2.24, 2.45) is 0 Å². The fourth-order valence-electron chi connectivity index (χ4n) is 4.16. The predicted molar refractivity (Wildman–Crippen MR) is 107 cm³/mol. The first-order valence-corrected chi connectivity index (χ1v) is 10.6. The van der Waals surface area contributed by atoms with Crippen LogP contribution in [0.2, 0.25) is 0 Å². The van der Waals surface area contributed by atoms with Crippen LogP contribution in [-0.4, -0.2) is 52.9 Å². The fourth-order valence-corrected chi connectivity index (χ4v) is 5.20. The van der Waals surface area contributed by atoms with E-state index in [-0.39, 0.29) is 5.91 Å². The number of thiazole rings is 1. The Labute approximate surface area is 159 Å². The van der Waals surface area contributed by atoms with E-state index in [1.54, 1.807) is 0 Å². The molecule has 5 heteroatoms. The van der Waals surface area contributed by atoms with Crippen molar-refractivity contribution in [3.63, 3.8) is 0 Å². The van der Waals surface area contributed by atoms with Crippen molar-refractivity contribution < 1.29 is 4.79 Å². The topological polar surface area (TPSA) is 36.4 Å². The largest absolute Gasteiger partial charge is 0.338 e. The number of nitrogens with zero attached hydrogens (tertiary/aromatic N) is 3. The Morgan fingerprint density at radius 2 is 1.73 bits per heavy atom. The van der Waals surface area contributed by atoms with Crippen molar-refractivity contribution in [1.29, 1.82) is 0 Å². The molecular weight excluding hydrogens is 342 g/mol. The van der Waals surface area contributed by atoms with Gasteiger partial charge in [-0.2, -0.15) is 0 Å². The van der Waals surface area contributed by atoms with Crippen LogP contribution in [-0.2, 0) is 0 Å². The molecule has 4 nitrogen and oxygen atoms in total. The Morgan fingerprint density at radius 1 is 1.04 bits per heavy atom. The lowest BCUT2D eigenvalue weighted by Gasteiger charge is -2.40. The van der Waals surface area contributed by atoms with Crippen molar-refractivity contribution in [2.75, 3.05) is 26.2 Å². The van der Waals surface area contributed by atoms with Gasteiger partial charge in [0.25, 0.3) is 5.91 Å². The Kier molecular flexibility index (Phi) is 5.36. The van der Waals surface area contributed by atoms with Crippen molar-refractivity contribution in [3.8, 4) is 10.6 Å². The van der Waals surface area contributed by atoms with Crippen LogP contribution in [0.4, 0.5) is 0 Å². The molecule has 1 amide bonds. The quantitative estimate of drug-likeness (QED) is 0.813. The molecule has 0 radical (unpaired) electrons. The lowest BCUT2D eigenvalue weighted by atomic mass is 10.00. The molecule has 2 aliphatic heterocycles. The summed E-state index contributed by atoms with van der Waals surface area (Å²) in [5.74, 6) is 0.166. The highest BCUT2D eigenvalue weighted by Crippen LogP contribution is 2.30. The Balaban J connectivity index is 1.41. The van der Waals surface area contributed by atoms with Gasteiger partial charge in [-0.05, 0) is 45.7 Å². The summed E-state index contributed by atoms with van der Waals surface area (Å²) < 4.78 is 0. The van der Waals surface area contributed by atoms with Crippen LogP contribution in [0.25, 0.3) is 10.6 Å². The van der Waals surface area contributed by atoms with Crippen LogP contribution in [0.1, 0.15) is 47.5 Å². The number of aromatic nitrogens is 1. The molecular formula is C21H27N3OS. The first-order chi connectivity index (χ1) is 12.7. The predicted octanol–water partition coefficient (Wildman–Crippen LogP) is 4.21. The lowest BCUT2D eigenvalue weighted by Crippen LogP contribution is -2.48. The molecule has 26 heavy (non-hydrogen) atoms. The van der Waals surface area contributed by atoms with Crippen LogP contribution in [0.3, 0.4) is 0 Å². The van der Waals surface area contributed by atoms with Crippen LogP contribution in [0.15, 0.2) is 30.3 Å². The number of aryl methyl sites for hydroxylation is 1. The van der Waals surface area contributed by atoms with Crippen molar-refractivity contribution in [3.05, 3.63) is 40.9 Å². The van der Waals surface area contributed by atoms with Gasteiger partial charge in [0.15, 0.2) is 0 Å². The monoisotopic (exact) mass is 369 g/mol. The molecule has 0 N–H and O–H groups in total. The summed E-state index contributed by atoms with van der Waals surface area (Å²) in [6, 6.07) is 10.8. The molecule has 0 atom stereocenters. The Morgan fingerprint density at radius 3 is 2.42 bits per heavy atom. The smallest absolute Gasteiger partial charge is 0.265 e. The molecule has 2 aliphatic rings. The first-order valence-electron chi connectivity index (χ1n) is 9.78. The molecule has 1 aromatic heterocycles. The first kappa shape index (κ1) is 17.7. The second kappa shape index (κ2) is 7.89. The molecule has 1 aromatic carbocycles. The van der Waals surface area contributed by atoms with Crippen LogP contribution < -0.4 is 0 Å². The summed E-state index contributed by atoms with van der Waals surface area (Å²) in [6.45, 7) is 6.19. The molecule has 4 rings (SSSR count). The molecule has 0 bridgehead atoms. The van der Waals surface area contributed by atoms with E-state index in [4.69, 9.17) is 0 Å². The second-order valence-corrected chi connectivity index (χ2v) is 8.42. The highest BCUT2D eigenvalue weighted by Gasteiger charge is 2.29. The van der Waals surface area contributed by atoms with E-state index in [1.165, 1.54) is 43.7 Å². The van der Waals surface area contributed by atoms with Crippen molar-refractivity contribution in [2.45, 2.75) is 45.1 Å². The third-order valence-electron chi connectivity index (χ3n) is 5.67. The van der Waals surface area contributed by atoms with E-state index in [0.717, 1.165) is 47.1 Å². The number of benzene rings is 1. The molecule has 138 valence electrons. The molecule has 2 saturated heterocycles. The lowest BCUT2D eigenvalue weighted by molar-refractivity contribution is 0.0593. The Hall–Kier alpha value is -1.72. The standard InChI is InChI=1S/C21H27N3OS/c1-16-19(26-20(22-16)17-8-4-2-5-9-17)21(25)24-14-10-18(11-15-24)23-12-6-3-7-13-23/h2,4-5,8-9,18H,3,6-7,10-15H2,1H3. The van der Waals surface area contributed by atoms with Crippen LogP contribution in [0, 0.1) is 6.92 Å². The van der Waals surface area contributed by atoms with Crippen LogP contribution >= 0.6 is 11.3 Å². The number of amides is 1. The number of carbonyl (C=O) groups is 1. The van der Waals surface area contributed by atoms with E-state index in [9.17, 15) is 4.79 Å². The van der Waals surface area contributed by atoms with Gasteiger partial charge in [0.05, 0.1) is 5.69 Å². The number of likely N-dealkylation sites (tertiary alicyclic amines) is 2. The van der Waals surface area contributed by atoms with Gasteiger partial charge in [0, 0.05) is 24.7 Å². The Bertz CT molecular complexity index is 744. The maximum atomic E-state index is 13.0. The van der Waals surface area contributed by atoms with Gasteiger partial charge in [0.2, 0.25) is 0 Å². The molecule has 0 aliphatic carbocycles. The maximum absolute atomic E-state index is 13.0. The van der Waals surface area contributed by atoms with E-state index < -0.39 is 0 Å². The van der Waals surface area contributed by atoms with E-state index in [0.29, 0.717) is 6.04 Å². The number of hydrogen-bond donors (Lipinski definition) is 0. The minimum atomic E-state index is 0.166. The zero-order valence-electron chi connectivity index (χ0n) is 15.5. The van der Waals surface area contributed by atoms with Gasteiger partial charge in [-0.3, -0.25) is 4.79 Å². The van der Waals surface area contributed by atoms with Gasteiger partial charge in [-0.15, -0.1) is 11.3 Å². The molecule has 0 spiro atoms. The number of carbonyl (C=O) groups excluding carboxylic acids is 1. The average Bonchev–Trinajstić information content (AvgIpc) is 3.10. The second-order valence-electron chi connectivity index (χ2n) is 7.42.